The Hall–Kier alpha value is -1.47. The minimum absolute atomic E-state index is 0.595. The summed E-state index contributed by atoms with van der Waals surface area (Å²) in [6, 6.07) is 0. The number of nitrogens with one attached hydrogen (secondary N) is 1. The highest BCUT2D eigenvalue weighted by molar-refractivity contribution is 5.29. The highest BCUT2D eigenvalue weighted by Crippen LogP contribution is 1.91. The molecule has 4 heteroatoms. The maximum atomic E-state index is 12.2. The highest BCUT2D eigenvalue weighted by Gasteiger charge is 1.90. The van der Waals surface area contributed by atoms with Crippen LogP contribution in [-0.2, 0) is 0 Å². The predicted molar refractivity (Wildman–Crippen MR) is 42.8 cm³/mol. The maximum absolute atomic E-state index is 12.2. The Balaban J connectivity index is 2.66. The Morgan fingerprint density at radius 1 is 1.50 bits per heavy atom. The summed E-state index contributed by atoms with van der Waals surface area (Å²) in [5, 5.41) is 2.86. The SMILES string of the molecule is CNCC#Cc1cnc(F)nc1. The van der Waals surface area contributed by atoms with Crippen LogP contribution in [0.25, 0.3) is 0 Å². The van der Waals surface area contributed by atoms with Crippen molar-refractivity contribution in [2.75, 3.05) is 13.6 Å². The van der Waals surface area contributed by atoms with Crippen molar-refractivity contribution in [1.29, 1.82) is 0 Å². The lowest BCUT2D eigenvalue weighted by Crippen LogP contribution is -2.04. The van der Waals surface area contributed by atoms with Crippen LogP contribution in [0.2, 0.25) is 0 Å². The van der Waals surface area contributed by atoms with Crippen molar-refractivity contribution in [1.82, 2.24) is 15.3 Å². The largest absolute Gasteiger partial charge is 0.309 e. The molecule has 0 bridgehead atoms. The van der Waals surface area contributed by atoms with Crippen LogP contribution >= 0.6 is 0 Å². The molecule has 3 nitrogen and oxygen atoms in total. The first-order chi connectivity index (χ1) is 5.83. The predicted octanol–water partition coefficient (Wildman–Crippen LogP) is 0.187. The molecule has 1 rings (SSSR count). The van der Waals surface area contributed by atoms with E-state index in [1.165, 1.54) is 12.4 Å². The van der Waals surface area contributed by atoms with Gasteiger partial charge in [-0.05, 0) is 7.05 Å². The molecule has 0 radical (unpaired) electrons. The van der Waals surface area contributed by atoms with Crippen molar-refractivity contribution < 1.29 is 4.39 Å². The van der Waals surface area contributed by atoms with Crippen molar-refractivity contribution in [2.24, 2.45) is 0 Å². The summed E-state index contributed by atoms with van der Waals surface area (Å²) in [6.07, 6.45) is 1.98. The van der Waals surface area contributed by atoms with Crippen LogP contribution < -0.4 is 5.32 Å². The normalized spacial score (nSPS) is 8.83. The molecule has 0 aliphatic carbocycles. The zero-order chi connectivity index (χ0) is 8.81. The first kappa shape index (κ1) is 8.62. The molecule has 1 aromatic heterocycles. The second-order valence-corrected chi connectivity index (χ2v) is 2.07. The number of aromatic nitrogens is 2. The quantitative estimate of drug-likeness (QED) is 0.476. The Labute approximate surface area is 70.0 Å². The molecule has 1 heterocycles. The summed E-state index contributed by atoms with van der Waals surface area (Å²) >= 11 is 0. The zero-order valence-electron chi connectivity index (χ0n) is 6.63. The van der Waals surface area contributed by atoms with E-state index in [0.717, 1.165) is 0 Å². The van der Waals surface area contributed by atoms with Gasteiger partial charge in [0, 0.05) is 12.4 Å². The molecule has 0 aliphatic heterocycles. The minimum Gasteiger partial charge on any atom is -0.309 e. The molecule has 0 atom stereocenters. The van der Waals surface area contributed by atoms with Crippen molar-refractivity contribution in [3.8, 4) is 11.8 Å². The Kier molecular flexibility index (Phi) is 3.17. The molecule has 0 aliphatic rings. The fourth-order valence-corrected chi connectivity index (χ4v) is 0.611. The van der Waals surface area contributed by atoms with E-state index < -0.39 is 6.08 Å². The highest BCUT2D eigenvalue weighted by atomic mass is 19.1. The van der Waals surface area contributed by atoms with Crippen LogP contribution in [0.5, 0.6) is 0 Å². The van der Waals surface area contributed by atoms with Crippen LogP contribution in [0.1, 0.15) is 5.56 Å². The fraction of sp³-hybridized carbons (Fsp3) is 0.250. The van der Waals surface area contributed by atoms with Crippen LogP contribution in [-0.4, -0.2) is 23.6 Å². The summed E-state index contributed by atoms with van der Waals surface area (Å²) in [5.74, 6) is 5.58. The van der Waals surface area contributed by atoms with Gasteiger partial charge in [0.2, 0.25) is 0 Å². The van der Waals surface area contributed by atoms with Crippen molar-refractivity contribution in [3.63, 3.8) is 0 Å². The molecule has 1 N–H and O–H groups in total. The Morgan fingerprint density at radius 2 is 2.17 bits per heavy atom. The fourth-order valence-electron chi connectivity index (χ4n) is 0.611. The van der Waals surface area contributed by atoms with Gasteiger partial charge in [-0.15, -0.1) is 0 Å². The number of nitrogens with zero attached hydrogens (tertiary/aromatic N) is 2. The molecule has 0 unspecified atom stereocenters. The van der Waals surface area contributed by atoms with Crippen LogP contribution in [0.4, 0.5) is 4.39 Å². The molecule has 0 fully saturated rings. The lowest BCUT2D eigenvalue weighted by Gasteiger charge is -1.87. The number of rotatable bonds is 1. The average molecular weight is 165 g/mol. The molecule has 12 heavy (non-hydrogen) atoms. The first-order valence-corrected chi connectivity index (χ1v) is 3.44. The average Bonchev–Trinajstić information content (AvgIpc) is 2.09. The third-order valence-corrected chi connectivity index (χ3v) is 1.12. The van der Waals surface area contributed by atoms with Gasteiger partial charge >= 0.3 is 6.08 Å². The van der Waals surface area contributed by atoms with Crippen molar-refractivity contribution in [3.05, 3.63) is 24.0 Å². The third-order valence-electron chi connectivity index (χ3n) is 1.12. The van der Waals surface area contributed by atoms with Gasteiger partial charge in [-0.1, -0.05) is 11.8 Å². The van der Waals surface area contributed by atoms with E-state index in [9.17, 15) is 4.39 Å². The van der Waals surface area contributed by atoms with E-state index in [-0.39, 0.29) is 0 Å². The molecule has 0 amide bonds. The minimum atomic E-state index is -0.728. The zero-order valence-corrected chi connectivity index (χ0v) is 6.63. The molecule has 0 spiro atoms. The van der Waals surface area contributed by atoms with Crippen LogP contribution in [0.3, 0.4) is 0 Å². The van der Waals surface area contributed by atoms with Gasteiger partial charge in [0.25, 0.3) is 0 Å². The molecule has 0 saturated heterocycles. The lowest BCUT2D eigenvalue weighted by atomic mass is 10.3. The van der Waals surface area contributed by atoms with Gasteiger partial charge in [0.05, 0.1) is 12.1 Å². The van der Waals surface area contributed by atoms with E-state index in [0.29, 0.717) is 12.1 Å². The molecular weight excluding hydrogens is 157 g/mol. The number of halogens is 1. The second-order valence-electron chi connectivity index (χ2n) is 2.07. The van der Waals surface area contributed by atoms with Gasteiger partial charge in [-0.25, -0.2) is 9.97 Å². The van der Waals surface area contributed by atoms with E-state index in [1.807, 2.05) is 0 Å². The Morgan fingerprint density at radius 3 is 2.75 bits per heavy atom. The van der Waals surface area contributed by atoms with Gasteiger partial charge in [0.1, 0.15) is 0 Å². The smallest absolute Gasteiger partial charge is 0.308 e. The van der Waals surface area contributed by atoms with Crippen LogP contribution in [0.15, 0.2) is 12.4 Å². The maximum Gasteiger partial charge on any atom is 0.308 e. The molecule has 0 saturated carbocycles. The molecule has 1 aromatic rings. The summed E-state index contributed by atoms with van der Waals surface area (Å²) in [7, 11) is 1.80. The van der Waals surface area contributed by atoms with Crippen molar-refractivity contribution >= 4 is 0 Å². The van der Waals surface area contributed by atoms with E-state index >= 15 is 0 Å². The van der Waals surface area contributed by atoms with Crippen LogP contribution in [0, 0.1) is 17.9 Å². The topological polar surface area (TPSA) is 37.8 Å². The number of hydrogen-bond donors (Lipinski definition) is 1. The number of hydrogen-bond acceptors (Lipinski definition) is 3. The third kappa shape index (κ3) is 2.64. The molecule has 62 valence electrons. The monoisotopic (exact) mass is 165 g/mol. The summed E-state index contributed by atoms with van der Waals surface area (Å²) < 4.78 is 12.2. The molecule has 0 aromatic carbocycles. The van der Waals surface area contributed by atoms with Gasteiger partial charge in [0.15, 0.2) is 0 Å². The van der Waals surface area contributed by atoms with Gasteiger partial charge < -0.3 is 5.32 Å². The summed E-state index contributed by atoms with van der Waals surface area (Å²) in [4.78, 5) is 6.71. The molecular formula is C8H8FN3. The van der Waals surface area contributed by atoms with E-state index in [1.54, 1.807) is 7.05 Å². The van der Waals surface area contributed by atoms with E-state index in [4.69, 9.17) is 0 Å². The summed E-state index contributed by atoms with van der Waals surface area (Å²) in [5.41, 5.74) is 0.617. The van der Waals surface area contributed by atoms with Gasteiger partial charge in [-0.2, -0.15) is 4.39 Å². The van der Waals surface area contributed by atoms with Gasteiger partial charge in [-0.3, -0.25) is 0 Å². The standard InChI is InChI=1S/C8H8FN3/c1-10-4-2-3-7-5-11-8(9)12-6-7/h5-6,10H,4H2,1H3. The lowest BCUT2D eigenvalue weighted by molar-refractivity contribution is 0.538. The van der Waals surface area contributed by atoms with Crippen molar-refractivity contribution in [2.45, 2.75) is 0 Å². The second kappa shape index (κ2) is 4.42. The Bertz CT molecular complexity index is 296. The summed E-state index contributed by atoms with van der Waals surface area (Å²) in [6.45, 7) is 0.595. The van der Waals surface area contributed by atoms with E-state index in [2.05, 4.69) is 27.1 Å². The first-order valence-electron chi connectivity index (χ1n) is 3.44.